The summed E-state index contributed by atoms with van der Waals surface area (Å²) in [6, 6.07) is 15.8. The summed E-state index contributed by atoms with van der Waals surface area (Å²) >= 11 is 0. The van der Waals surface area contributed by atoms with Crippen molar-refractivity contribution in [3.05, 3.63) is 60.2 Å². The van der Waals surface area contributed by atoms with E-state index in [0.717, 1.165) is 11.3 Å². The van der Waals surface area contributed by atoms with Crippen LogP contribution < -0.4 is 10.5 Å². The van der Waals surface area contributed by atoms with E-state index in [1.807, 2.05) is 31.2 Å². The largest absolute Gasteiger partial charge is 0.497 e. The first-order chi connectivity index (χ1) is 11.9. The zero-order chi connectivity index (χ0) is 18.1. The van der Waals surface area contributed by atoms with Crippen LogP contribution >= 0.6 is 0 Å². The summed E-state index contributed by atoms with van der Waals surface area (Å²) in [5.74, 6) is 0.412. The lowest BCUT2D eigenvalue weighted by atomic mass is 10.1. The molecule has 3 rings (SSSR count). The fraction of sp³-hybridized carbons (Fsp3) is 0.368. The molecule has 134 valence electrons. The molecule has 0 aliphatic heterocycles. The summed E-state index contributed by atoms with van der Waals surface area (Å²) < 4.78 is 36.9. The van der Waals surface area contributed by atoms with Gasteiger partial charge in [-0.2, -0.15) is 0 Å². The zero-order valence-electron chi connectivity index (χ0n) is 14.4. The minimum atomic E-state index is -3.55. The van der Waals surface area contributed by atoms with Crippen molar-refractivity contribution < 1.29 is 17.9 Å². The molecule has 1 aliphatic carbocycles. The first kappa shape index (κ1) is 17.9. The lowest BCUT2D eigenvalue weighted by Crippen LogP contribution is -2.36. The standard InChI is InChI=1S/C19H23NO4S/c1-3-24-13-19(20)17(14-9-11-15(23-2)12-10-14)18(19)25(21,22)16-7-5-4-6-8-16/h4-12,17-18H,3,13,20H2,1-2H3/t17-,18-,19-/m0/s1. The van der Waals surface area contributed by atoms with Gasteiger partial charge in [0.2, 0.25) is 0 Å². The Balaban J connectivity index is 1.97. The van der Waals surface area contributed by atoms with E-state index in [-0.39, 0.29) is 12.5 Å². The van der Waals surface area contributed by atoms with E-state index in [1.165, 1.54) is 0 Å². The minimum absolute atomic E-state index is 0.205. The van der Waals surface area contributed by atoms with Crippen LogP contribution in [0.5, 0.6) is 5.75 Å². The molecule has 25 heavy (non-hydrogen) atoms. The third-order valence-corrected chi connectivity index (χ3v) is 7.05. The van der Waals surface area contributed by atoms with Gasteiger partial charge >= 0.3 is 0 Å². The average molecular weight is 361 g/mol. The second-order valence-corrected chi connectivity index (χ2v) is 8.35. The number of rotatable bonds is 7. The summed E-state index contributed by atoms with van der Waals surface area (Å²) in [5.41, 5.74) is 6.46. The summed E-state index contributed by atoms with van der Waals surface area (Å²) in [4.78, 5) is 0.294. The molecule has 3 atom stereocenters. The zero-order valence-corrected chi connectivity index (χ0v) is 15.2. The van der Waals surface area contributed by atoms with Gasteiger partial charge in [-0.15, -0.1) is 0 Å². The topological polar surface area (TPSA) is 78.6 Å². The highest BCUT2D eigenvalue weighted by molar-refractivity contribution is 7.92. The van der Waals surface area contributed by atoms with Gasteiger partial charge in [0, 0.05) is 12.5 Å². The van der Waals surface area contributed by atoms with Gasteiger partial charge in [0.25, 0.3) is 0 Å². The Morgan fingerprint density at radius 2 is 1.72 bits per heavy atom. The van der Waals surface area contributed by atoms with E-state index in [2.05, 4.69) is 0 Å². The summed E-state index contributed by atoms with van der Waals surface area (Å²) in [5, 5.41) is -0.706. The predicted octanol–water partition coefficient (Wildman–Crippen LogP) is 2.37. The van der Waals surface area contributed by atoms with Crippen LogP contribution in [0.3, 0.4) is 0 Å². The molecule has 1 saturated carbocycles. The molecule has 0 bridgehead atoms. The molecule has 0 aromatic heterocycles. The van der Waals surface area contributed by atoms with Crippen molar-refractivity contribution in [2.24, 2.45) is 5.73 Å². The first-order valence-corrected chi connectivity index (χ1v) is 9.79. The summed E-state index contributed by atoms with van der Waals surface area (Å²) in [7, 11) is -1.96. The molecule has 2 aromatic rings. The second kappa shape index (κ2) is 6.78. The lowest BCUT2D eigenvalue weighted by molar-refractivity contribution is 0.125. The molecule has 0 unspecified atom stereocenters. The molecule has 6 heteroatoms. The predicted molar refractivity (Wildman–Crippen MR) is 96.6 cm³/mol. The number of hydrogen-bond donors (Lipinski definition) is 1. The molecular formula is C19H23NO4S. The fourth-order valence-corrected chi connectivity index (χ4v) is 5.71. The number of methoxy groups -OCH3 is 1. The number of benzene rings is 2. The average Bonchev–Trinajstić information content (AvgIpc) is 3.27. The van der Waals surface area contributed by atoms with Crippen molar-refractivity contribution in [2.75, 3.05) is 20.3 Å². The summed E-state index contributed by atoms with van der Waals surface area (Å²) in [6.07, 6.45) is 0. The van der Waals surface area contributed by atoms with Crippen LogP contribution in [-0.2, 0) is 14.6 Å². The molecule has 1 fully saturated rings. The van der Waals surface area contributed by atoms with Crippen molar-refractivity contribution in [1.82, 2.24) is 0 Å². The third-order valence-electron chi connectivity index (χ3n) is 4.74. The molecule has 0 radical (unpaired) electrons. The molecule has 2 aromatic carbocycles. The highest BCUT2D eigenvalue weighted by atomic mass is 32.2. The van der Waals surface area contributed by atoms with Gasteiger partial charge in [-0.1, -0.05) is 30.3 Å². The van der Waals surface area contributed by atoms with Crippen molar-refractivity contribution in [2.45, 2.75) is 28.5 Å². The Bertz CT molecular complexity index is 820. The Labute approximate surface area is 148 Å². The van der Waals surface area contributed by atoms with Crippen LogP contribution in [0.25, 0.3) is 0 Å². The van der Waals surface area contributed by atoms with Crippen molar-refractivity contribution in [1.29, 1.82) is 0 Å². The SMILES string of the molecule is CCOC[C@]1(N)[C@@H](c2ccc(OC)cc2)[C@@H]1S(=O)(=O)c1ccccc1. The Morgan fingerprint density at radius 1 is 1.08 bits per heavy atom. The van der Waals surface area contributed by atoms with E-state index in [1.54, 1.807) is 37.4 Å². The van der Waals surface area contributed by atoms with Gasteiger partial charge < -0.3 is 15.2 Å². The molecule has 0 spiro atoms. The van der Waals surface area contributed by atoms with Crippen molar-refractivity contribution in [3.63, 3.8) is 0 Å². The maximum Gasteiger partial charge on any atom is 0.183 e. The molecular weight excluding hydrogens is 338 g/mol. The molecule has 0 saturated heterocycles. The van der Waals surface area contributed by atoms with E-state index in [0.29, 0.717) is 11.5 Å². The van der Waals surface area contributed by atoms with Gasteiger partial charge in [0.15, 0.2) is 9.84 Å². The minimum Gasteiger partial charge on any atom is -0.497 e. The monoisotopic (exact) mass is 361 g/mol. The summed E-state index contributed by atoms with van der Waals surface area (Å²) in [6.45, 7) is 2.57. The second-order valence-electron chi connectivity index (χ2n) is 6.28. The van der Waals surface area contributed by atoms with Crippen molar-refractivity contribution >= 4 is 9.84 Å². The highest BCUT2D eigenvalue weighted by Gasteiger charge is 2.69. The van der Waals surface area contributed by atoms with Crippen LogP contribution in [0, 0.1) is 0 Å². The van der Waals surface area contributed by atoms with Gasteiger partial charge in [-0.3, -0.25) is 0 Å². The molecule has 1 aliphatic rings. The molecule has 0 amide bonds. The van der Waals surface area contributed by atoms with Gasteiger partial charge in [0.05, 0.1) is 29.4 Å². The van der Waals surface area contributed by atoms with Crippen LogP contribution in [0.15, 0.2) is 59.5 Å². The lowest BCUT2D eigenvalue weighted by Gasteiger charge is -2.12. The first-order valence-electron chi connectivity index (χ1n) is 8.24. The maximum absolute atomic E-state index is 13.1. The quantitative estimate of drug-likeness (QED) is 0.819. The third kappa shape index (κ3) is 3.17. The maximum atomic E-state index is 13.1. The van der Waals surface area contributed by atoms with E-state index >= 15 is 0 Å². The van der Waals surface area contributed by atoms with Crippen LogP contribution in [0.1, 0.15) is 18.4 Å². The van der Waals surface area contributed by atoms with Gasteiger partial charge in [-0.05, 0) is 36.8 Å². The van der Waals surface area contributed by atoms with Gasteiger partial charge in [-0.25, -0.2) is 8.42 Å². The van der Waals surface area contributed by atoms with Crippen molar-refractivity contribution in [3.8, 4) is 5.75 Å². The van der Waals surface area contributed by atoms with E-state index in [4.69, 9.17) is 15.2 Å². The number of ether oxygens (including phenoxy) is 2. The van der Waals surface area contributed by atoms with E-state index in [9.17, 15) is 8.42 Å². The van der Waals surface area contributed by atoms with Crippen LogP contribution in [0.2, 0.25) is 0 Å². The van der Waals surface area contributed by atoms with Crippen LogP contribution in [0.4, 0.5) is 0 Å². The fourth-order valence-electron chi connectivity index (χ4n) is 3.39. The Kier molecular flexibility index (Phi) is 4.86. The Morgan fingerprint density at radius 3 is 2.28 bits per heavy atom. The number of hydrogen-bond acceptors (Lipinski definition) is 5. The molecule has 0 heterocycles. The Hall–Kier alpha value is -1.89. The van der Waals surface area contributed by atoms with Gasteiger partial charge in [0.1, 0.15) is 5.75 Å². The highest BCUT2D eigenvalue weighted by Crippen LogP contribution is 2.55. The normalized spacial score (nSPS) is 25.6. The molecule has 5 nitrogen and oxygen atoms in total. The smallest absolute Gasteiger partial charge is 0.183 e. The van der Waals surface area contributed by atoms with Crippen LogP contribution in [-0.4, -0.2) is 39.5 Å². The van der Waals surface area contributed by atoms with E-state index < -0.39 is 20.6 Å². The number of sulfone groups is 1. The molecule has 2 N–H and O–H groups in total. The number of nitrogens with two attached hydrogens (primary N) is 1.